The van der Waals surface area contributed by atoms with Gasteiger partial charge in [0.15, 0.2) is 0 Å². The molecule has 0 heterocycles. The first kappa shape index (κ1) is 15.1. The van der Waals surface area contributed by atoms with Crippen molar-refractivity contribution in [3.8, 4) is 0 Å². The van der Waals surface area contributed by atoms with Crippen molar-refractivity contribution < 1.29 is 0 Å². The van der Waals surface area contributed by atoms with Gasteiger partial charge >= 0.3 is 0 Å². The Bertz CT molecular complexity index is 415. The number of hydrogen-bond donors (Lipinski definition) is 1. The molecule has 21 heavy (non-hydrogen) atoms. The summed E-state index contributed by atoms with van der Waals surface area (Å²) in [5.74, 6) is 1.97. The van der Waals surface area contributed by atoms with E-state index in [2.05, 4.69) is 48.3 Å². The molecule has 2 aliphatic carbocycles. The minimum Gasteiger partial charge on any atom is -0.309 e. The molecule has 2 fully saturated rings. The summed E-state index contributed by atoms with van der Waals surface area (Å²) in [6.07, 6.45) is 5.82. The van der Waals surface area contributed by atoms with Gasteiger partial charge in [0, 0.05) is 19.1 Å². The minimum absolute atomic E-state index is 0.806. The molecule has 3 rings (SSSR count). The van der Waals surface area contributed by atoms with E-state index >= 15 is 0 Å². The van der Waals surface area contributed by atoms with Gasteiger partial charge in [-0.25, -0.2) is 0 Å². The maximum absolute atomic E-state index is 3.83. The van der Waals surface area contributed by atoms with Crippen LogP contribution in [0.3, 0.4) is 0 Å². The van der Waals surface area contributed by atoms with Crippen LogP contribution in [0.1, 0.15) is 50.7 Å². The van der Waals surface area contributed by atoms with Gasteiger partial charge in [-0.1, -0.05) is 38.1 Å². The van der Waals surface area contributed by atoms with E-state index in [1.807, 2.05) is 0 Å². The molecule has 2 saturated carbocycles. The van der Waals surface area contributed by atoms with Crippen LogP contribution >= 0.6 is 0 Å². The zero-order chi connectivity index (χ0) is 14.7. The average Bonchev–Trinajstić information content (AvgIpc) is 3.39. The zero-order valence-electron chi connectivity index (χ0n) is 13.6. The van der Waals surface area contributed by atoms with Crippen molar-refractivity contribution in [2.24, 2.45) is 11.8 Å². The van der Waals surface area contributed by atoms with Crippen LogP contribution < -0.4 is 5.32 Å². The van der Waals surface area contributed by atoms with E-state index in [1.54, 1.807) is 0 Å². The molecule has 1 aromatic rings. The topological polar surface area (TPSA) is 15.3 Å². The van der Waals surface area contributed by atoms with Crippen molar-refractivity contribution >= 4 is 0 Å². The molecule has 116 valence electrons. The number of benzene rings is 1. The SMILES string of the molecule is CCN(CC)Cc1ccc(CNC(C2CC2)C2CC2)cc1. The maximum Gasteiger partial charge on any atom is 0.0233 e. The molecule has 1 N–H and O–H groups in total. The first-order valence-corrected chi connectivity index (χ1v) is 8.83. The van der Waals surface area contributed by atoms with E-state index in [4.69, 9.17) is 0 Å². The second-order valence-electron chi connectivity index (χ2n) is 6.86. The molecule has 2 aliphatic rings. The Labute approximate surface area is 129 Å². The number of hydrogen-bond acceptors (Lipinski definition) is 2. The molecular formula is C19H30N2. The van der Waals surface area contributed by atoms with E-state index in [0.29, 0.717) is 0 Å². The monoisotopic (exact) mass is 286 g/mol. The Morgan fingerprint density at radius 3 is 1.95 bits per heavy atom. The highest BCUT2D eigenvalue weighted by atomic mass is 15.1. The van der Waals surface area contributed by atoms with Gasteiger partial charge in [-0.15, -0.1) is 0 Å². The van der Waals surface area contributed by atoms with Gasteiger partial charge in [0.2, 0.25) is 0 Å². The lowest BCUT2D eigenvalue weighted by atomic mass is 10.1. The molecule has 0 radical (unpaired) electrons. The van der Waals surface area contributed by atoms with Gasteiger partial charge in [0.05, 0.1) is 0 Å². The summed E-state index contributed by atoms with van der Waals surface area (Å²) in [6.45, 7) is 8.85. The highest BCUT2D eigenvalue weighted by Crippen LogP contribution is 2.44. The summed E-state index contributed by atoms with van der Waals surface area (Å²) in [5, 5.41) is 3.83. The Morgan fingerprint density at radius 1 is 0.952 bits per heavy atom. The van der Waals surface area contributed by atoms with Gasteiger partial charge in [-0.3, -0.25) is 4.90 Å². The van der Waals surface area contributed by atoms with Crippen molar-refractivity contribution in [1.29, 1.82) is 0 Å². The number of nitrogens with zero attached hydrogens (tertiary/aromatic N) is 1. The second-order valence-corrected chi connectivity index (χ2v) is 6.86. The molecule has 0 saturated heterocycles. The van der Waals surface area contributed by atoms with Crippen molar-refractivity contribution in [3.63, 3.8) is 0 Å². The third-order valence-electron chi connectivity index (χ3n) is 5.13. The number of nitrogens with one attached hydrogen (secondary N) is 1. The second kappa shape index (κ2) is 6.93. The summed E-state index contributed by atoms with van der Waals surface area (Å²) in [7, 11) is 0. The third kappa shape index (κ3) is 4.31. The first-order valence-electron chi connectivity index (χ1n) is 8.83. The van der Waals surface area contributed by atoms with Crippen molar-refractivity contribution in [1.82, 2.24) is 10.2 Å². The lowest BCUT2D eigenvalue weighted by molar-refractivity contribution is 0.296. The van der Waals surface area contributed by atoms with E-state index < -0.39 is 0 Å². The summed E-state index contributed by atoms with van der Waals surface area (Å²) >= 11 is 0. The molecule has 0 atom stereocenters. The van der Waals surface area contributed by atoms with Crippen molar-refractivity contribution in [2.45, 2.75) is 58.7 Å². The summed E-state index contributed by atoms with van der Waals surface area (Å²) in [5.41, 5.74) is 2.87. The Hall–Kier alpha value is -0.860. The van der Waals surface area contributed by atoms with Crippen LogP contribution in [0.15, 0.2) is 24.3 Å². The molecule has 0 bridgehead atoms. The summed E-state index contributed by atoms with van der Waals surface area (Å²) in [6, 6.07) is 10.0. The van der Waals surface area contributed by atoms with Crippen LogP contribution in [0.5, 0.6) is 0 Å². The summed E-state index contributed by atoms with van der Waals surface area (Å²) < 4.78 is 0. The molecule has 0 amide bonds. The van der Waals surface area contributed by atoms with Crippen LogP contribution in [0, 0.1) is 11.8 Å². The van der Waals surface area contributed by atoms with Gasteiger partial charge in [0.25, 0.3) is 0 Å². The number of rotatable bonds is 9. The van der Waals surface area contributed by atoms with Gasteiger partial charge in [-0.05, 0) is 61.7 Å². The van der Waals surface area contributed by atoms with Crippen LogP contribution in [0.2, 0.25) is 0 Å². The van der Waals surface area contributed by atoms with E-state index in [0.717, 1.165) is 44.1 Å². The Balaban J connectivity index is 1.49. The van der Waals surface area contributed by atoms with E-state index in [9.17, 15) is 0 Å². The average molecular weight is 286 g/mol. The molecule has 0 unspecified atom stereocenters. The fraction of sp³-hybridized carbons (Fsp3) is 0.684. The van der Waals surface area contributed by atoms with Crippen molar-refractivity contribution in [2.75, 3.05) is 13.1 Å². The normalized spacial score (nSPS) is 18.7. The minimum atomic E-state index is 0.806. The van der Waals surface area contributed by atoms with Crippen LogP contribution in [-0.2, 0) is 13.1 Å². The molecule has 0 aliphatic heterocycles. The van der Waals surface area contributed by atoms with Crippen LogP contribution in [0.25, 0.3) is 0 Å². The maximum atomic E-state index is 3.83. The third-order valence-corrected chi connectivity index (χ3v) is 5.13. The standard InChI is InChI=1S/C19H30N2/c1-3-21(4-2)14-16-7-5-15(6-8-16)13-20-19(17-9-10-17)18-11-12-18/h5-8,17-20H,3-4,9-14H2,1-2H3. The molecule has 2 heteroatoms. The Morgan fingerprint density at radius 2 is 1.48 bits per heavy atom. The molecular weight excluding hydrogens is 256 g/mol. The fourth-order valence-corrected chi connectivity index (χ4v) is 3.33. The van der Waals surface area contributed by atoms with E-state index in [-0.39, 0.29) is 0 Å². The quantitative estimate of drug-likeness (QED) is 0.742. The predicted octanol–water partition coefficient (Wildman–Crippen LogP) is 3.81. The Kier molecular flexibility index (Phi) is 4.97. The van der Waals surface area contributed by atoms with Gasteiger partial charge in [0.1, 0.15) is 0 Å². The zero-order valence-corrected chi connectivity index (χ0v) is 13.6. The molecule has 0 spiro atoms. The molecule has 2 nitrogen and oxygen atoms in total. The van der Waals surface area contributed by atoms with Gasteiger partial charge < -0.3 is 5.32 Å². The molecule has 1 aromatic carbocycles. The lowest BCUT2D eigenvalue weighted by Crippen LogP contribution is -2.32. The summed E-state index contributed by atoms with van der Waals surface area (Å²) in [4.78, 5) is 2.46. The van der Waals surface area contributed by atoms with Crippen LogP contribution in [-0.4, -0.2) is 24.0 Å². The first-order chi connectivity index (χ1) is 10.3. The van der Waals surface area contributed by atoms with Crippen molar-refractivity contribution in [3.05, 3.63) is 35.4 Å². The largest absolute Gasteiger partial charge is 0.309 e. The smallest absolute Gasteiger partial charge is 0.0233 e. The van der Waals surface area contributed by atoms with Crippen LogP contribution in [0.4, 0.5) is 0 Å². The van der Waals surface area contributed by atoms with E-state index in [1.165, 1.54) is 36.8 Å². The lowest BCUT2D eigenvalue weighted by Gasteiger charge is -2.19. The highest BCUT2D eigenvalue weighted by Gasteiger charge is 2.40. The highest BCUT2D eigenvalue weighted by molar-refractivity contribution is 5.22. The fourth-order valence-electron chi connectivity index (χ4n) is 3.33. The van der Waals surface area contributed by atoms with Gasteiger partial charge in [-0.2, -0.15) is 0 Å². The predicted molar refractivity (Wildman–Crippen MR) is 89.1 cm³/mol. The molecule has 0 aromatic heterocycles.